The Hall–Kier alpha value is -2.32. The summed E-state index contributed by atoms with van der Waals surface area (Å²) in [6.45, 7) is 6.97. The van der Waals surface area contributed by atoms with Crippen molar-refractivity contribution in [1.82, 2.24) is 9.88 Å². The number of nitrogens with one attached hydrogen (secondary N) is 1. The number of nitrogens with zero attached hydrogens (tertiary/aromatic N) is 1. The predicted molar refractivity (Wildman–Crippen MR) is 98.5 cm³/mol. The molecule has 0 radical (unpaired) electrons. The molecule has 2 aromatic carbocycles. The Morgan fingerprint density at radius 3 is 2.57 bits per heavy atom. The molecule has 0 aliphatic rings. The minimum absolute atomic E-state index is 0.997. The number of hydrogen-bond acceptors (Lipinski definition) is 1. The molecule has 2 nitrogen and oxygen atoms in total. The van der Waals surface area contributed by atoms with Crippen LogP contribution in [0.4, 0.5) is 0 Å². The lowest BCUT2D eigenvalue weighted by Crippen LogP contribution is -2.26. The lowest BCUT2D eigenvalue weighted by Gasteiger charge is -2.21. The van der Waals surface area contributed by atoms with Crippen LogP contribution in [0.2, 0.25) is 0 Å². The lowest BCUT2D eigenvalue weighted by atomic mass is 10.1. The normalized spacial score (nSPS) is 11.2. The van der Waals surface area contributed by atoms with Gasteiger partial charge in [0.1, 0.15) is 0 Å². The van der Waals surface area contributed by atoms with Gasteiger partial charge in [0.15, 0.2) is 0 Å². The number of aromatic nitrogens is 1. The second kappa shape index (κ2) is 7.80. The van der Waals surface area contributed by atoms with Crippen LogP contribution in [0.15, 0.2) is 73.4 Å². The third-order valence-electron chi connectivity index (χ3n) is 4.27. The van der Waals surface area contributed by atoms with Gasteiger partial charge in [0.2, 0.25) is 0 Å². The van der Waals surface area contributed by atoms with Gasteiger partial charge in [-0.3, -0.25) is 4.90 Å². The molecule has 0 saturated carbocycles. The number of benzene rings is 2. The fourth-order valence-electron chi connectivity index (χ4n) is 3.00. The average Bonchev–Trinajstić information content (AvgIpc) is 3.01. The number of rotatable bonds is 8. The van der Waals surface area contributed by atoms with Crippen LogP contribution in [0.25, 0.3) is 10.9 Å². The highest BCUT2D eigenvalue weighted by Gasteiger charge is 2.08. The standard InChI is InChI=1S/C21H24N2/c1-2-3-14-23(17-18-9-5-4-6-10-18)15-13-19-16-22-21-12-8-7-11-20(19)21/h2,4-12,16,22H,1,3,13-15,17H2. The van der Waals surface area contributed by atoms with Crippen molar-refractivity contribution in [3.05, 3.63) is 84.6 Å². The SMILES string of the molecule is C=CCCN(CCc1c[nH]c2ccccc12)Cc1ccccc1. The van der Waals surface area contributed by atoms with Crippen LogP contribution in [-0.4, -0.2) is 23.0 Å². The van der Waals surface area contributed by atoms with Gasteiger partial charge in [-0.2, -0.15) is 0 Å². The molecule has 0 spiro atoms. The zero-order valence-corrected chi connectivity index (χ0v) is 13.5. The molecule has 0 aliphatic carbocycles. The van der Waals surface area contributed by atoms with Crippen LogP contribution < -0.4 is 0 Å². The molecule has 0 saturated heterocycles. The highest BCUT2D eigenvalue weighted by atomic mass is 15.1. The number of fused-ring (bicyclic) bond motifs is 1. The fraction of sp³-hybridized carbons (Fsp3) is 0.238. The van der Waals surface area contributed by atoms with Crippen LogP contribution in [0.1, 0.15) is 17.5 Å². The lowest BCUT2D eigenvalue weighted by molar-refractivity contribution is 0.274. The zero-order valence-electron chi connectivity index (χ0n) is 13.5. The Morgan fingerprint density at radius 2 is 1.74 bits per heavy atom. The van der Waals surface area contributed by atoms with Crippen molar-refractivity contribution in [2.75, 3.05) is 13.1 Å². The van der Waals surface area contributed by atoms with Crippen molar-refractivity contribution < 1.29 is 0 Å². The molecule has 0 fully saturated rings. The van der Waals surface area contributed by atoms with Gasteiger partial charge in [0, 0.05) is 36.7 Å². The molecule has 0 unspecified atom stereocenters. The molecule has 1 heterocycles. The van der Waals surface area contributed by atoms with Gasteiger partial charge in [0.25, 0.3) is 0 Å². The van der Waals surface area contributed by atoms with Crippen molar-refractivity contribution in [1.29, 1.82) is 0 Å². The Morgan fingerprint density at radius 1 is 0.957 bits per heavy atom. The molecule has 1 N–H and O–H groups in total. The molecule has 0 atom stereocenters. The molecule has 0 bridgehead atoms. The number of aromatic amines is 1. The minimum Gasteiger partial charge on any atom is -0.361 e. The van der Waals surface area contributed by atoms with Crippen LogP contribution in [0.5, 0.6) is 0 Å². The van der Waals surface area contributed by atoms with E-state index in [-0.39, 0.29) is 0 Å². The van der Waals surface area contributed by atoms with E-state index in [0.717, 1.165) is 32.5 Å². The highest BCUT2D eigenvalue weighted by Crippen LogP contribution is 2.18. The maximum atomic E-state index is 3.86. The molecule has 2 heteroatoms. The van der Waals surface area contributed by atoms with E-state index in [4.69, 9.17) is 0 Å². The first-order valence-corrected chi connectivity index (χ1v) is 8.29. The Labute approximate surface area is 138 Å². The molecule has 118 valence electrons. The predicted octanol–water partition coefficient (Wildman–Crippen LogP) is 4.79. The molecule has 23 heavy (non-hydrogen) atoms. The first kappa shape index (κ1) is 15.6. The summed E-state index contributed by atoms with van der Waals surface area (Å²) in [6, 6.07) is 19.2. The monoisotopic (exact) mass is 304 g/mol. The number of H-pyrrole nitrogens is 1. The second-order valence-electron chi connectivity index (χ2n) is 5.95. The molecule has 0 amide bonds. The summed E-state index contributed by atoms with van der Waals surface area (Å²) in [7, 11) is 0. The average molecular weight is 304 g/mol. The topological polar surface area (TPSA) is 19.0 Å². The summed E-state index contributed by atoms with van der Waals surface area (Å²) >= 11 is 0. The third-order valence-corrected chi connectivity index (χ3v) is 4.27. The molecule has 0 aliphatic heterocycles. The van der Waals surface area contributed by atoms with E-state index in [1.165, 1.54) is 22.0 Å². The van der Waals surface area contributed by atoms with Crippen LogP contribution >= 0.6 is 0 Å². The molecular formula is C21H24N2. The smallest absolute Gasteiger partial charge is 0.0456 e. The first-order valence-electron chi connectivity index (χ1n) is 8.29. The quantitative estimate of drug-likeness (QED) is 0.593. The van der Waals surface area contributed by atoms with E-state index < -0.39 is 0 Å². The maximum absolute atomic E-state index is 3.86. The molecule has 3 aromatic rings. The van der Waals surface area contributed by atoms with Crippen LogP contribution in [0, 0.1) is 0 Å². The third kappa shape index (κ3) is 4.11. The van der Waals surface area contributed by atoms with E-state index in [1.807, 2.05) is 6.08 Å². The fourth-order valence-corrected chi connectivity index (χ4v) is 3.00. The van der Waals surface area contributed by atoms with Crippen molar-refractivity contribution >= 4 is 10.9 Å². The maximum Gasteiger partial charge on any atom is 0.0456 e. The van der Waals surface area contributed by atoms with Gasteiger partial charge in [-0.05, 0) is 30.0 Å². The summed E-state index contributed by atoms with van der Waals surface area (Å²) in [5, 5.41) is 1.34. The van der Waals surface area contributed by atoms with Crippen LogP contribution in [0.3, 0.4) is 0 Å². The highest BCUT2D eigenvalue weighted by molar-refractivity contribution is 5.83. The molecule has 3 rings (SSSR count). The van der Waals surface area contributed by atoms with Gasteiger partial charge < -0.3 is 4.98 Å². The van der Waals surface area contributed by atoms with Gasteiger partial charge >= 0.3 is 0 Å². The molecular weight excluding hydrogens is 280 g/mol. The van der Waals surface area contributed by atoms with E-state index >= 15 is 0 Å². The van der Waals surface area contributed by atoms with Crippen molar-refractivity contribution in [2.45, 2.75) is 19.4 Å². The molecule has 1 aromatic heterocycles. The Kier molecular flexibility index (Phi) is 5.28. The van der Waals surface area contributed by atoms with E-state index in [0.29, 0.717) is 0 Å². The van der Waals surface area contributed by atoms with Gasteiger partial charge in [-0.25, -0.2) is 0 Å². The summed E-state index contributed by atoms with van der Waals surface area (Å²) in [6.07, 6.45) is 6.25. The minimum atomic E-state index is 0.997. The largest absolute Gasteiger partial charge is 0.361 e. The summed E-state index contributed by atoms with van der Waals surface area (Å²) in [4.78, 5) is 5.88. The summed E-state index contributed by atoms with van der Waals surface area (Å²) < 4.78 is 0. The van der Waals surface area contributed by atoms with E-state index in [2.05, 4.69) is 77.3 Å². The Balaban J connectivity index is 1.67. The van der Waals surface area contributed by atoms with Crippen molar-refractivity contribution in [3.8, 4) is 0 Å². The second-order valence-corrected chi connectivity index (χ2v) is 5.95. The van der Waals surface area contributed by atoms with E-state index in [1.54, 1.807) is 0 Å². The van der Waals surface area contributed by atoms with Crippen LogP contribution in [-0.2, 0) is 13.0 Å². The van der Waals surface area contributed by atoms with Crippen molar-refractivity contribution in [2.24, 2.45) is 0 Å². The Bertz CT molecular complexity index is 743. The van der Waals surface area contributed by atoms with Gasteiger partial charge in [-0.15, -0.1) is 6.58 Å². The first-order chi connectivity index (χ1) is 11.4. The number of hydrogen-bond donors (Lipinski definition) is 1. The summed E-state index contributed by atoms with van der Waals surface area (Å²) in [5.74, 6) is 0. The zero-order chi connectivity index (χ0) is 15.9. The van der Waals surface area contributed by atoms with Gasteiger partial charge in [-0.1, -0.05) is 54.6 Å². The van der Waals surface area contributed by atoms with Gasteiger partial charge in [0.05, 0.1) is 0 Å². The van der Waals surface area contributed by atoms with E-state index in [9.17, 15) is 0 Å². The summed E-state index contributed by atoms with van der Waals surface area (Å²) in [5.41, 5.74) is 4.00. The van der Waals surface area contributed by atoms with Crippen molar-refractivity contribution in [3.63, 3.8) is 0 Å². The number of para-hydroxylation sites is 1.